The Morgan fingerprint density at radius 1 is 1.21 bits per heavy atom. The zero-order chi connectivity index (χ0) is 9.71. The van der Waals surface area contributed by atoms with Gasteiger partial charge < -0.3 is 10.2 Å². The maximum Gasteiger partial charge on any atom is 0.222 e. The molecular formula is C11H18N2O. The Morgan fingerprint density at radius 2 is 1.79 bits per heavy atom. The normalized spacial score (nSPS) is 44.5. The van der Waals surface area contributed by atoms with Crippen LogP contribution in [0.4, 0.5) is 0 Å². The highest BCUT2D eigenvalue weighted by Crippen LogP contribution is 2.40. The van der Waals surface area contributed by atoms with E-state index in [0.717, 1.165) is 0 Å². The second kappa shape index (κ2) is 2.96. The van der Waals surface area contributed by atoms with Crippen molar-refractivity contribution in [2.45, 2.75) is 63.2 Å². The number of nitrogens with one attached hydrogen (secondary N) is 1. The van der Waals surface area contributed by atoms with E-state index in [1.807, 2.05) is 6.92 Å². The van der Waals surface area contributed by atoms with E-state index in [1.165, 1.54) is 25.7 Å². The van der Waals surface area contributed by atoms with Gasteiger partial charge in [0.1, 0.15) is 0 Å². The molecule has 4 unspecified atom stereocenters. The average molecular weight is 194 g/mol. The van der Waals surface area contributed by atoms with Gasteiger partial charge in [-0.2, -0.15) is 0 Å². The van der Waals surface area contributed by atoms with Crippen molar-refractivity contribution in [1.82, 2.24) is 10.2 Å². The van der Waals surface area contributed by atoms with Gasteiger partial charge in [-0.1, -0.05) is 6.92 Å². The number of hydrogen-bond acceptors (Lipinski definition) is 2. The monoisotopic (exact) mass is 194 g/mol. The minimum atomic E-state index is 0.371. The molecule has 5 rings (SSSR count). The van der Waals surface area contributed by atoms with Crippen molar-refractivity contribution in [2.75, 3.05) is 0 Å². The van der Waals surface area contributed by atoms with Crippen LogP contribution in [0.1, 0.15) is 39.0 Å². The highest BCUT2D eigenvalue weighted by Gasteiger charge is 2.51. The lowest BCUT2D eigenvalue weighted by Crippen LogP contribution is -2.75. The maximum absolute atomic E-state index is 11.8. The molecule has 78 valence electrons. The van der Waals surface area contributed by atoms with E-state index in [0.29, 0.717) is 36.5 Å². The van der Waals surface area contributed by atoms with Crippen molar-refractivity contribution >= 4 is 5.91 Å². The summed E-state index contributed by atoms with van der Waals surface area (Å²) in [6, 6.07) is 2.25. The third-order valence-corrected chi connectivity index (χ3v) is 4.21. The molecule has 3 heteroatoms. The van der Waals surface area contributed by atoms with E-state index in [-0.39, 0.29) is 0 Å². The van der Waals surface area contributed by atoms with Gasteiger partial charge >= 0.3 is 0 Å². The van der Waals surface area contributed by atoms with Gasteiger partial charge in [-0.25, -0.2) is 0 Å². The van der Waals surface area contributed by atoms with Crippen LogP contribution in [-0.4, -0.2) is 35.0 Å². The summed E-state index contributed by atoms with van der Waals surface area (Å²) < 4.78 is 0. The number of piperazine rings is 1. The number of rotatable bonds is 1. The van der Waals surface area contributed by atoms with Gasteiger partial charge in [-0.05, 0) is 25.7 Å². The van der Waals surface area contributed by atoms with E-state index in [2.05, 4.69) is 10.2 Å². The molecule has 5 aliphatic rings. The molecule has 5 heterocycles. The van der Waals surface area contributed by atoms with Crippen molar-refractivity contribution in [3.8, 4) is 0 Å². The van der Waals surface area contributed by atoms with Gasteiger partial charge in [0, 0.05) is 30.6 Å². The SMILES string of the molecule is CCC(=O)N1C2CCC3NC2CCC31. The minimum absolute atomic E-state index is 0.371. The third kappa shape index (κ3) is 0.991. The molecule has 1 amide bonds. The van der Waals surface area contributed by atoms with Gasteiger partial charge in [-0.15, -0.1) is 0 Å². The number of nitrogens with zero attached hydrogens (tertiary/aromatic N) is 1. The number of amides is 1. The topological polar surface area (TPSA) is 32.3 Å². The van der Waals surface area contributed by atoms with Crippen LogP contribution in [0, 0.1) is 0 Å². The predicted molar refractivity (Wildman–Crippen MR) is 53.9 cm³/mol. The Hall–Kier alpha value is -0.570. The summed E-state index contributed by atoms with van der Waals surface area (Å²) in [5.74, 6) is 0.371. The quantitative estimate of drug-likeness (QED) is 0.672. The smallest absolute Gasteiger partial charge is 0.222 e. The summed E-state index contributed by atoms with van der Waals surface area (Å²) in [7, 11) is 0. The number of piperidine rings is 4. The van der Waals surface area contributed by atoms with Crippen LogP contribution in [0.3, 0.4) is 0 Å². The van der Waals surface area contributed by atoms with Crippen LogP contribution >= 0.6 is 0 Å². The van der Waals surface area contributed by atoms with Crippen LogP contribution in [-0.2, 0) is 4.79 Å². The van der Waals surface area contributed by atoms with E-state index in [1.54, 1.807) is 0 Å². The molecule has 1 N–H and O–H groups in total. The van der Waals surface area contributed by atoms with Crippen molar-refractivity contribution in [3.63, 3.8) is 0 Å². The summed E-state index contributed by atoms with van der Waals surface area (Å²) in [4.78, 5) is 14.1. The van der Waals surface area contributed by atoms with Crippen LogP contribution in [0.2, 0.25) is 0 Å². The average Bonchev–Trinajstić information content (AvgIpc) is 2.27. The molecule has 0 aromatic rings. The first-order valence-electron chi connectivity index (χ1n) is 5.88. The van der Waals surface area contributed by atoms with Crippen LogP contribution in [0.5, 0.6) is 0 Å². The molecule has 0 aromatic carbocycles. The zero-order valence-corrected chi connectivity index (χ0v) is 8.70. The standard InChI is InChI=1S/C11H18N2O/c1-2-11(14)13-9-5-3-7-10(13)6-4-8(9)12-7/h7-10,12H,2-6H2,1H3. The molecular weight excluding hydrogens is 176 g/mol. The summed E-state index contributed by atoms with van der Waals surface area (Å²) in [5, 5.41) is 3.67. The molecule has 5 aliphatic heterocycles. The number of carbonyl (C=O) groups is 1. The first kappa shape index (κ1) is 8.72. The molecule has 0 saturated carbocycles. The molecule has 0 radical (unpaired) electrons. The van der Waals surface area contributed by atoms with Crippen LogP contribution < -0.4 is 5.32 Å². The lowest BCUT2D eigenvalue weighted by atomic mass is 9.73. The molecule has 5 fully saturated rings. The van der Waals surface area contributed by atoms with E-state index < -0.39 is 0 Å². The Balaban J connectivity index is 1.90. The summed E-state index contributed by atoms with van der Waals surface area (Å²) in [5.41, 5.74) is 0. The second-order valence-corrected chi connectivity index (χ2v) is 4.82. The van der Waals surface area contributed by atoms with Gasteiger partial charge in [0.2, 0.25) is 5.91 Å². The summed E-state index contributed by atoms with van der Waals surface area (Å²) in [6.07, 6.45) is 5.68. The van der Waals surface area contributed by atoms with Gasteiger partial charge in [0.05, 0.1) is 0 Å². The zero-order valence-electron chi connectivity index (χ0n) is 8.70. The van der Waals surface area contributed by atoms with Crippen molar-refractivity contribution < 1.29 is 4.79 Å². The number of fused-ring (bicyclic) bond motifs is 2. The molecule has 0 aliphatic carbocycles. The predicted octanol–water partition coefficient (Wildman–Crippen LogP) is 0.890. The molecule has 4 atom stereocenters. The molecule has 5 saturated heterocycles. The fourth-order valence-corrected chi connectivity index (χ4v) is 3.62. The summed E-state index contributed by atoms with van der Waals surface area (Å²) >= 11 is 0. The highest BCUT2D eigenvalue weighted by molar-refractivity contribution is 5.77. The maximum atomic E-state index is 11.8. The Kier molecular flexibility index (Phi) is 1.84. The largest absolute Gasteiger partial charge is 0.334 e. The Bertz CT molecular complexity index is 248. The third-order valence-electron chi connectivity index (χ3n) is 4.21. The fourth-order valence-electron chi connectivity index (χ4n) is 3.62. The fraction of sp³-hybridized carbons (Fsp3) is 0.909. The lowest BCUT2D eigenvalue weighted by molar-refractivity contribution is -0.149. The number of carbonyl (C=O) groups excluding carboxylic acids is 1. The van der Waals surface area contributed by atoms with Gasteiger partial charge in [0.15, 0.2) is 0 Å². The first-order valence-corrected chi connectivity index (χ1v) is 5.88. The van der Waals surface area contributed by atoms with Gasteiger partial charge in [0.25, 0.3) is 0 Å². The van der Waals surface area contributed by atoms with Crippen LogP contribution in [0.25, 0.3) is 0 Å². The Labute approximate surface area is 84.8 Å². The molecule has 0 aromatic heterocycles. The second-order valence-electron chi connectivity index (χ2n) is 4.82. The summed E-state index contributed by atoms with van der Waals surface area (Å²) in [6.45, 7) is 1.98. The Morgan fingerprint density at radius 3 is 2.29 bits per heavy atom. The first-order chi connectivity index (χ1) is 6.81. The molecule has 4 bridgehead atoms. The van der Waals surface area contributed by atoms with E-state index in [4.69, 9.17) is 0 Å². The minimum Gasteiger partial charge on any atom is -0.334 e. The van der Waals surface area contributed by atoms with Crippen LogP contribution in [0.15, 0.2) is 0 Å². The van der Waals surface area contributed by atoms with E-state index >= 15 is 0 Å². The highest BCUT2D eigenvalue weighted by atomic mass is 16.2. The molecule has 3 nitrogen and oxygen atoms in total. The van der Waals surface area contributed by atoms with Crippen molar-refractivity contribution in [1.29, 1.82) is 0 Å². The molecule has 14 heavy (non-hydrogen) atoms. The van der Waals surface area contributed by atoms with Crippen molar-refractivity contribution in [3.05, 3.63) is 0 Å². The number of hydrogen-bond donors (Lipinski definition) is 1. The molecule has 0 spiro atoms. The lowest BCUT2D eigenvalue weighted by Gasteiger charge is -2.60. The van der Waals surface area contributed by atoms with E-state index in [9.17, 15) is 4.79 Å². The van der Waals surface area contributed by atoms with Crippen molar-refractivity contribution in [2.24, 2.45) is 0 Å². The van der Waals surface area contributed by atoms with Gasteiger partial charge in [-0.3, -0.25) is 4.79 Å².